The summed E-state index contributed by atoms with van der Waals surface area (Å²) in [5, 5.41) is 30.7. The minimum atomic E-state index is -5.07. The highest BCUT2D eigenvalue weighted by Crippen LogP contribution is 2.26. The van der Waals surface area contributed by atoms with Gasteiger partial charge in [0, 0.05) is 13.0 Å². The zero-order valence-electron chi connectivity index (χ0n) is 37.0. The van der Waals surface area contributed by atoms with Gasteiger partial charge in [0.1, 0.15) is 30.5 Å². The zero-order chi connectivity index (χ0) is 43.9. The topological polar surface area (TPSA) is 178 Å². The number of carbonyl (C=O) groups is 1. The Kier molecular flexibility index (Phi) is 35.8. The third-order valence-electron chi connectivity index (χ3n) is 10.2. The first-order chi connectivity index (χ1) is 29.1. The minimum Gasteiger partial charge on any atom is -0.457 e. The highest BCUT2D eigenvalue weighted by atomic mass is 32.3. The Hall–Kier alpha value is -2.20. The first-order valence-corrected chi connectivity index (χ1v) is 24.4. The normalized spacial score (nSPS) is 20.8. The molecule has 6 unspecified atom stereocenters. The summed E-state index contributed by atoms with van der Waals surface area (Å²) >= 11 is 0. The van der Waals surface area contributed by atoms with Crippen LogP contribution in [0.1, 0.15) is 168 Å². The maximum atomic E-state index is 12.8. The predicted octanol–water partition coefficient (Wildman–Crippen LogP) is 9.74. The number of hydrogen-bond donors (Lipinski definition) is 4. The molecule has 1 heterocycles. The van der Waals surface area contributed by atoms with Crippen LogP contribution in [-0.4, -0.2) is 97.5 Å². The van der Waals surface area contributed by atoms with Crippen LogP contribution < -0.4 is 0 Å². The van der Waals surface area contributed by atoms with E-state index in [4.69, 9.17) is 23.5 Å². The second kappa shape index (κ2) is 38.5. The van der Waals surface area contributed by atoms with E-state index in [1.165, 1.54) is 83.5 Å². The summed E-state index contributed by atoms with van der Waals surface area (Å²) in [6.07, 6.45) is 38.3. The van der Waals surface area contributed by atoms with Crippen LogP contribution in [0.2, 0.25) is 0 Å². The second-order valence-electron chi connectivity index (χ2n) is 15.6. The van der Waals surface area contributed by atoms with Crippen molar-refractivity contribution in [1.29, 1.82) is 0 Å². The van der Waals surface area contributed by atoms with Gasteiger partial charge in [-0.05, 0) is 51.4 Å². The first-order valence-electron chi connectivity index (χ1n) is 23.0. The molecule has 1 aliphatic rings. The maximum Gasteiger partial charge on any atom is 0.397 e. The van der Waals surface area contributed by atoms with Gasteiger partial charge in [0.05, 0.1) is 19.8 Å². The fraction of sp³-hybridized carbons (Fsp3) is 0.766. The molecule has 4 N–H and O–H groups in total. The predicted molar refractivity (Wildman–Crippen MR) is 239 cm³/mol. The van der Waals surface area contributed by atoms with Gasteiger partial charge in [0.25, 0.3) is 0 Å². The number of ether oxygens (including phenoxy) is 4. The lowest BCUT2D eigenvalue weighted by atomic mass is 9.99. The van der Waals surface area contributed by atoms with Gasteiger partial charge in [-0.25, -0.2) is 4.18 Å². The number of allylic oxidation sites excluding steroid dienone is 10. The molecule has 1 rings (SSSR count). The van der Waals surface area contributed by atoms with E-state index in [9.17, 15) is 28.5 Å². The van der Waals surface area contributed by atoms with Gasteiger partial charge in [-0.1, -0.05) is 171 Å². The van der Waals surface area contributed by atoms with Crippen LogP contribution >= 0.6 is 0 Å². The van der Waals surface area contributed by atoms with Crippen molar-refractivity contribution in [2.45, 2.75) is 205 Å². The molecular formula is C47H82O12S. The van der Waals surface area contributed by atoms with Gasteiger partial charge < -0.3 is 34.3 Å². The number of hydrogen-bond acceptors (Lipinski definition) is 11. The molecule has 0 aromatic rings. The van der Waals surface area contributed by atoms with Crippen LogP contribution in [0.25, 0.3) is 0 Å². The number of aliphatic hydroxyl groups excluding tert-OH is 3. The Morgan fingerprint density at radius 1 is 0.650 bits per heavy atom. The van der Waals surface area contributed by atoms with E-state index in [1.807, 2.05) is 6.08 Å². The number of aliphatic hydroxyl groups is 3. The minimum absolute atomic E-state index is 0.0130. The monoisotopic (exact) mass is 871 g/mol. The average Bonchev–Trinajstić information content (AvgIpc) is 3.22. The summed E-state index contributed by atoms with van der Waals surface area (Å²) in [6, 6.07) is 0. The lowest BCUT2D eigenvalue weighted by Gasteiger charge is -2.41. The highest BCUT2D eigenvalue weighted by Gasteiger charge is 2.48. The molecule has 12 nitrogen and oxygen atoms in total. The molecule has 348 valence electrons. The number of rotatable bonds is 39. The number of unbranched alkanes of at least 4 members (excludes halogenated alkanes) is 16. The first kappa shape index (κ1) is 55.8. The van der Waals surface area contributed by atoms with Crippen LogP contribution in [0.3, 0.4) is 0 Å². The smallest absolute Gasteiger partial charge is 0.397 e. The molecule has 0 aliphatic carbocycles. The van der Waals surface area contributed by atoms with Gasteiger partial charge in [-0.2, -0.15) is 8.42 Å². The highest BCUT2D eigenvalue weighted by molar-refractivity contribution is 7.80. The van der Waals surface area contributed by atoms with Crippen molar-refractivity contribution in [3.8, 4) is 0 Å². The van der Waals surface area contributed by atoms with Crippen LogP contribution in [-0.2, 0) is 38.3 Å². The molecule has 0 amide bonds. The van der Waals surface area contributed by atoms with Crippen molar-refractivity contribution >= 4 is 16.4 Å². The van der Waals surface area contributed by atoms with Crippen molar-refractivity contribution in [3.05, 3.63) is 60.8 Å². The standard InChI is InChI=1S/C47H82O12S/c1-3-5-7-9-11-13-15-17-19-21-22-24-26-28-30-32-34-36-43(49)57-41(40-56-47-45(51)46(59-60(52,53)54)44(50)42(38-48)58-47)39-55-37-35-33-31-29-27-25-23-20-18-16-14-12-10-8-6-4-2/h5,7,11,13,17,19,22,24,28,30,41-42,44-48,50-51H,3-4,6,8-10,12,14-16,18,20-21,23,25-27,29,31-40H2,1-2H3,(H,52,53,54)/b7-5-,13-11-,19-17-,24-22-,30-28-. The molecule has 13 heteroatoms. The number of carbonyl (C=O) groups excluding carboxylic acids is 1. The molecule has 0 spiro atoms. The molecule has 0 radical (unpaired) electrons. The van der Waals surface area contributed by atoms with E-state index in [2.05, 4.69) is 72.7 Å². The SMILES string of the molecule is CC/C=C\C/C=C\C/C=C\C/C=C\C/C=C\CCCC(=O)OC(COCCCCCCCCCCCCCCCCCC)COC1OC(CO)C(O)C(OS(=O)(=O)O)C1O. The zero-order valence-corrected chi connectivity index (χ0v) is 37.8. The molecule has 0 saturated carbocycles. The fourth-order valence-electron chi connectivity index (χ4n) is 6.71. The van der Waals surface area contributed by atoms with E-state index in [-0.39, 0.29) is 19.6 Å². The van der Waals surface area contributed by atoms with Gasteiger partial charge in [0.2, 0.25) is 0 Å². The molecule has 0 bridgehead atoms. The van der Waals surface area contributed by atoms with E-state index < -0.39 is 59.8 Å². The van der Waals surface area contributed by atoms with Crippen molar-refractivity contribution in [3.63, 3.8) is 0 Å². The van der Waals surface area contributed by atoms with Crippen molar-refractivity contribution in [1.82, 2.24) is 0 Å². The molecule has 1 aliphatic heterocycles. The molecular weight excluding hydrogens is 789 g/mol. The fourth-order valence-corrected chi connectivity index (χ4v) is 7.22. The van der Waals surface area contributed by atoms with E-state index in [0.717, 1.165) is 51.4 Å². The van der Waals surface area contributed by atoms with Crippen molar-refractivity contribution in [2.75, 3.05) is 26.4 Å². The average molecular weight is 871 g/mol. The van der Waals surface area contributed by atoms with Crippen LogP contribution in [0.4, 0.5) is 0 Å². The Morgan fingerprint density at radius 2 is 1.13 bits per heavy atom. The maximum absolute atomic E-state index is 12.8. The lowest BCUT2D eigenvalue weighted by Crippen LogP contribution is -2.60. The molecule has 60 heavy (non-hydrogen) atoms. The molecule has 6 atom stereocenters. The summed E-state index contributed by atoms with van der Waals surface area (Å²) in [5.74, 6) is -0.455. The van der Waals surface area contributed by atoms with Gasteiger partial charge in [-0.15, -0.1) is 0 Å². The molecule has 1 saturated heterocycles. The summed E-state index contributed by atoms with van der Waals surface area (Å²) in [5.41, 5.74) is 0. The van der Waals surface area contributed by atoms with Crippen LogP contribution in [0.5, 0.6) is 0 Å². The van der Waals surface area contributed by atoms with E-state index >= 15 is 0 Å². The Morgan fingerprint density at radius 3 is 1.62 bits per heavy atom. The van der Waals surface area contributed by atoms with Crippen LogP contribution in [0, 0.1) is 0 Å². The van der Waals surface area contributed by atoms with Crippen molar-refractivity contribution < 1.29 is 56.2 Å². The Bertz CT molecular complexity index is 1280. The summed E-state index contributed by atoms with van der Waals surface area (Å²) in [6.45, 7) is 3.81. The van der Waals surface area contributed by atoms with E-state index in [0.29, 0.717) is 19.4 Å². The third-order valence-corrected chi connectivity index (χ3v) is 10.6. The molecule has 0 aromatic heterocycles. The Labute approximate surface area is 363 Å². The Balaban J connectivity index is 2.47. The third kappa shape index (κ3) is 31.6. The number of esters is 1. The van der Waals surface area contributed by atoms with Gasteiger partial charge in [0.15, 0.2) is 6.29 Å². The second-order valence-corrected chi connectivity index (χ2v) is 16.7. The largest absolute Gasteiger partial charge is 0.457 e. The van der Waals surface area contributed by atoms with Crippen molar-refractivity contribution in [2.24, 2.45) is 0 Å². The quantitative estimate of drug-likeness (QED) is 0.0199. The summed E-state index contributed by atoms with van der Waals surface area (Å²) < 4.78 is 59.0. The summed E-state index contributed by atoms with van der Waals surface area (Å²) in [7, 11) is -5.07. The van der Waals surface area contributed by atoms with Gasteiger partial charge in [-0.3, -0.25) is 9.35 Å². The van der Waals surface area contributed by atoms with E-state index in [1.54, 1.807) is 0 Å². The van der Waals surface area contributed by atoms with Crippen LogP contribution in [0.15, 0.2) is 60.8 Å². The summed E-state index contributed by atoms with van der Waals surface area (Å²) in [4.78, 5) is 12.8. The molecule has 0 aromatic carbocycles. The lowest BCUT2D eigenvalue weighted by molar-refractivity contribution is -0.301. The van der Waals surface area contributed by atoms with Gasteiger partial charge >= 0.3 is 16.4 Å². The molecule has 1 fully saturated rings.